The van der Waals surface area contributed by atoms with Crippen LogP contribution in [-0.4, -0.2) is 35.0 Å². The van der Waals surface area contributed by atoms with E-state index in [9.17, 15) is 4.79 Å². The topological polar surface area (TPSA) is 68.5 Å². The van der Waals surface area contributed by atoms with Crippen molar-refractivity contribution >= 4 is 11.6 Å². The lowest BCUT2D eigenvalue weighted by molar-refractivity contribution is -0.134. The summed E-state index contributed by atoms with van der Waals surface area (Å²) in [4.78, 5) is 18.0. The van der Waals surface area contributed by atoms with Gasteiger partial charge in [-0.05, 0) is 18.9 Å². The SMILES string of the molecule is Nc1ccc(OC2CCN(C(=O)C3CC3)CC2)nc1. The van der Waals surface area contributed by atoms with Crippen molar-refractivity contribution in [2.75, 3.05) is 18.8 Å². The summed E-state index contributed by atoms with van der Waals surface area (Å²) in [7, 11) is 0. The Balaban J connectivity index is 1.49. The normalized spacial score (nSPS) is 20.3. The highest BCUT2D eigenvalue weighted by atomic mass is 16.5. The number of likely N-dealkylation sites (tertiary alicyclic amines) is 1. The second-order valence-electron chi connectivity index (χ2n) is 5.35. The summed E-state index contributed by atoms with van der Waals surface area (Å²) in [5.74, 6) is 1.27. The maximum absolute atomic E-state index is 11.9. The van der Waals surface area contributed by atoms with E-state index in [4.69, 9.17) is 10.5 Å². The molecule has 1 amide bonds. The Hall–Kier alpha value is -1.78. The van der Waals surface area contributed by atoms with Gasteiger partial charge in [-0.1, -0.05) is 0 Å². The zero-order valence-electron chi connectivity index (χ0n) is 10.9. The van der Waals surface area contributed by atoms with E-state index in [-0.39, 0.29) is 6.10 Å². The van der Waals surface area contributed by atoms with Crippen LogP contribution in [0.4, 0.5) is 5.69 Å². The third-order valence-corrected chi connectivity index (χ3v) is 3.73. The van der Waals surface area contributed by atoms with Gasteiger partial charge in [0.1, 0.15) is 6.10 Å². The van der Waals surface area contributed by atoms with Gasteiger partial charge in [0.25, 0.3) is 0 Å². The molecule has 1 aliphatic carbocycles. The third kappa shape index (κ3) is 2.97. The number of piperidine rings is 1. The molecule has 3 rings (SSSR count). The first-order valence-electron chi connectivity index (χ1n) is 6.89. The first-order chi connectivity index (χ1) is 9.22. The molecule has 0 unspecified atom stereocenters. The van der Waals surface area contributed by atoms with Crippen molar-refractivity contribution in [2.45, 2.75) is 31.8 Å². The van der Waals surface area contributed by atoms with Crippen LogP contribution in [-0.2, 0) is 4.79 Å². The zero-order valence-corrected chi connectivity index (χ0v) is 10.9. The number of ether oxygens (including phenoxy) is 1. The van der Waals surface area contributed by atoms with Crippen LogP contribution in [0.15, 0.2) is 18.3 Å². The summed E-state index contributed by atoms with van der Waals surface area (Å²) in [6.45, 7) is 1.60. The van der Waals surface area contributed by atoms with Crippen LogP contribution in [0.1, 0.15) is 25.7 Å². The number of pyridine rings is 1. The summed E-state index contributed by atoms with van der Waals surface area (Å²) >= 11 is 0. The van der Waals surface area contributed by atoms with Gasteiger partial charge in [-0.3, -0.25) is 4.79 Å². The van der Waals surface area contributed by atoms with Crippen molar-refractivity contribution in [3.8, 4) is 5.88 Å². The number of hydrogen-bond acceptors (Lipinski definition) is 4. The molecule has 2 fully saturated rings. The molecule has 1 saturated carbocycles. The Morgan fingerprint density at radius 2 is 2.00 bits per heavy atom. The molecule has 0 bridgehead atoms. The van der Waals surface area contributed by atoms with Crippen LogP contribution in [0.3, 0.4) is 0 Å². The average molecular weight is 261 g/mol. The van der Waals surface area contributed by atoms with Gasteiger partial charge in [0.15, 0.2) is 0 Å². The number of nitrogens with two attached hydrogens (primary N) is 1. The van der Waals surface area contributed by atoms with E-state index >= 15 is 0 Å². The molecule has 5 heteroatoms. The Bertz CT molecular complexity index is 448. The highest BCUT2D eigenvalue weighted by Gasteiger charge is 2.35. The predicted molar refractivity (Wildman–Crippen MR) is 71.6 cm³/mol. The minimum absolute atomic E-state index is 0.152. The van der Waals surface area contributed by atoms with Gasteiger partial charge >= 0.3 is 0 Å². The fraction of sp³-hybridized carbons (Fsp3) is 0.571. The fourth-order valence-corrected chi connectivity index (χ4v) is 2.41. The number of nitrogens with zero attached hydrogens (tertiary/aromatic N) is 2. The minimum Gasteiger partial charge on any atom is -0.474 e. The molecular formula is C14H19N3O2. The third-order valence-electron chi connectivity index (χ3n) is 3.73. The monoisotopic (exact) mass is 261 g/mol. The van der Waals surface area contributed by atoms with Crippen molar-refractivity contribution in [3.63, 3.8) is 0 Å². The summed E-state index contributed by atoms with van der Waals surface area (Å²) in [5.41, 5.74) is 6.22. The van der Waals surface area contributed by atoms with E-state index in [1.54, 1.807) is 18.3 Å². The molecule has 102 valence electrons. The maximum Gasteiger partial charge on any atom is 0.225 e. The lowest BCUT2D eigenvalue weighted by Gasteiger charge is -2.32. The number of rotatable bonds is 3. The molecule has 2 N–H and O–H groups in total. The fourth-order valence-electron chi connectivity index (χ4n) is 2.41. The molecule has 0 spiro atoms. The number of nitrogen functional groups attached to an aromatic ring is 1. The van der Waals surface area contributed by atoms with Gasteiger partial charge in [-0.2, -0.15) is 0 Å². The predicted octanol–water partition coefficient (Wildman–Crippen LogP) is 1.44. The van der Waals surface area contributed by atoms with E-state index in [2.05, 4.69) is 4.98 Å². The lowest BCUT2D eigenvalue weighted by Crippen LogP contribution is -2.42. The molecule has 5 nitrogen and oxygen atoms in total. The summed E-state index contributed by atoms with van der Waals surface area (Å²) in [6, 6.07) is 3.57. The van der Waals surface area contributed by atoms with Crippen LogP contribution < -0.4 is 10.5 Å². The number of carbonyl (C=O) groups is 1. The lowest BCUT2D eigenvalue weighted by atomic mass is 10.1. The van der Waals surface area contributed by atoms with Gasteiger partial charge in [0.05, 0.1) is 11.9 Å². The molecule has 2 heterocycles. The number of aromatic nitrogens is 1. The second-order valence-corrected chi connectivity index (χ2v) is 5.35. The van der Waals surface area contributed by atoms with Crippen LogP contribution in [0.5, 0.6) is 5.88 Å². The van der Waals surface area contributed by atoms with Crippen molar-refractivity contribution in [1.82, 2.24) is 9.88 Å². The quantitative estimate of drug-likeness (QED) is 0.894. The largest absolute Gasteiger partial charge is 0.474 e. The van der Waals surface area contributed by atoms with Gasteiger partial charge in [0, 0.05) is 37.9 Å². The summed E-state index contributed by atoms with van der Waals surface area (Å²) < 4.78 is 5.81. The number of hydrogen-bond donors (Lipinski definition) is 1. The van der Waals surface area contributed by atoms with E-state index in [0.29, 0.717) is 23.4 Å². The van der Waals surface area contributed by atoms with Gasteiger partial charge in [-0.25, -0.2) is 4.98 Å². The summed E-state index contributed by atoms with van der Waals surface area (Å²) in [5, 5.41) is 0. The van der Waals surface area contributed by atoms with Crippen LogP contribution in [0.25, 0.3) is 0 Å². The Labute approximate surface area is 112 Å². The van der Waals surface area contributed by atoms with Gasteiger partial charge in [-0.15, -0.1) is 0 Å². The number of anilines is 1. The molecule has 1 saturated heterocycles. The first-order valence-corrected chi connectivity index (χ1v) is 6.89. The van der Waals surface area contributed by atoms with Crippen molar-refractivity contribution in [2.24, 2.45) is 5.92 Å². The Morgan fingerprint density at radius 1 is 1.26 bits per heavy atom. The van der Waals surface area contributed by atoms with Crippen molar-refractivity contribution < 1.29 is 9.53 Å². The molecule has 2 aliphatic rings. The van der Waals surface area contributed by atoms with Crippen LogP contribution in [0.2, 0.25) is 0 Å². The van der Waals surface area contributed by atoms with Gasteiger partial charge < -0.3 is 15.4 Å². The average Bonchev–Trinajstić information content (AvgIpc) is 3.26. The highest BCUT2D eigenvalue weighted by Crippen LogP contribution is 2.32. The number of carbonyl (C=O) groups excluding carboxylic acids is 1. The zero-order chi connectivity index (χ0) is 13.2. The van der Waals surface area contributed by atoms with E-state index in [0.717, 1.165) is 38.8 Å². The Kier molecular flexibility index (Phi) is 3.27. The molecule has 0 atom stereocenters. The van der Waals surface area contributed by atoms with Gasteiger partial charge in [0.2, 0.25) is 11.8 Å². The minimum atomic E-state index is 0.152. The van der Waals surface area contributed by atoms with E-state index < -0.39 is 0 Å². The van der Waals surface area contributed by atoms with Crippen LogP contribution >= 0.6 is 0 Å². The van der Waals surface area contributed by atoms with E-state index in [1.807, 2.05) is 4.90 Å². The molecule has 1 aliphatic heterocycles. The smallest absolute Gasteiger partial charge is 0.225 e. The maximum atomic E-state index is 11.9. The molecular weight excluding hydrogens is 242 g/mol. The summed E-state index contributed by atoms with van der Waals surface area (Å²) in [6.07, 6.45) is 5.66. The Morgan fingerprint density at radius 3 is 2.58 bits per heavy atom. The molecule has 1 aromatic rings. The first kappa shape index (κ1) is 12.3. The molecule has 1 aromatic heterocycles. The molecule has 0 radical (unpaired) electrons. The molecule has 19 heavy (non-hydrogen) atoms. The van der Waals surface area contributed by atoms with Crippen molar-refractivity contribution in [3.05, 3.63) is 18.3 Å². The molecule has 0 aromatic carbocycles. The van der Waals surface area contributed by atoms with E-state index in [1.165, 1.54) is 0 Å². The highest BCUT2D eigenvalue weighted by molar-refractivity contribution is 5.81. The number of amides is 1. The van der Waals surface area contributed by atoms with Crippen LogP contribution in [0, 0.1) is 5.92 Å². The van der Waals surface area contributed by atoms with Crippen molar-refractivity contribution in [1.29, 1.82) is 0 Å². The second kappa shape index (κ2) is 5.07. The standard InChI is InChI=1S/C14H19N3O2/c15-11-3-4-13(16-9-11)19-12-5-7-17(8-6-12)14(18)10-1-2-10/h3-4,9-10,12H,1-2,5-8,15H2.